The molecule has 0 saturated heterocycles. The second-order valence-corrected chi connectivity index (χ2v) is 7.20. The van der Waals surface area contributed by atoms with Gasteiger partial charge in [-0.15, -0.1) is 11.3 Å². The highest BCUT2D eigenvalue weighted by atomic mass is 32.1. The van der Waals surface area contributed by atoms with Gasteiger partial charge in [-0.2, -0.15) is 0 Å². The van der Waals surface area contributed by atoms with E-state index in [4.69, 9.17) is 4.74 Å². The van der Waals surface area contributed by atoms with Gasteiger partial charge in [0, 0.05) is 16.8 Å². The minimum Gasteiger partial charge on any atom is -0.481 e. The van der Waals surface area contributed by atoms with Crippen LogP contribution < -0.4 is 10.1 Å². The van der Waals surface area contributed by atoms with Crippen molar-refractivity contribution in [3.8, 4) is 5.75 Å². The van der Waals surface area contributed by atoms with Crippen LogP contribution >= 0.6 is 11.3 Å². The normalized spacial score (nSPS) is 17.6. The van der Waals surface area contributed by atoms with E-state index in [-0.39, 0.29) is 11.3 Å². The Morgan fingerprint density at radius 3 is 2.61 bits per heavy atom. The van der Waals surface area contributed by atoms with E-state index in [1.54, 1.807) is 18.3 Å². The molecule has 0 radical (unpaired) electrons. The Hall–Kier alpha value is -1.81. The van der Waals surface area contributed by atoms with E-state index in [0.29, 0.717) is 6.54 Å². The maximum Gasteiger partial charge on any atom is 0.260 e. The first-order chi connectivity index (χ1) is 11.2. The van der Waals surface area contributed by atoms with Crippen molar-refractivity contribution in [2.75, 3.05) is 6.54 Å². The SMILES string of the molecule is CC(Oc1ccccc1)C(=O)NCC1(c2cccs2)CCCC1. The molecule has 1 N–H and O–H groups in total. The highest BCUT2D eigenvalue weighted by Crippen LogP contribution is 2.42. The zero-order valence-electron chi connectivity index (χ0n) is 13.5. The van der Waals surface area contributed by atoms with E-state index in [9.17, 15) is 4.79 Å². The number of rotatable bonds is 6. The molecule has 3 rings (SSSR count). The number of para-hydroxylation sites is 1. The molecule has 1 heterocycles. The van der Waals surface area contributed by atoms with Crippen molar-refractivity contribution < 1.29 is 9.53 Å². The van der Waals surface area contributed by atoms with Crippen LogP contribution in [0, 0.1) is 0 Å². The third-order valence-corrected chi connectivity index (χ3v) is 5.75. The molecular weight excluding hydrogens is 306 g/mol. The van der Waals surface area contributed by atoms with E-state index in [1.807, 2.05) is 30.3 Å². The Labute approximate surface area is 141 Å². The Morgan fingerprint density at radius 2 is 1.96 bits per heavy atom. The van der Waals surface area contributed by atoms with Gasteiger partial charge in [0.1, 0.15) is 5.75 Å². The van der Waals surface area contributed by atoms with Crippen molar-refractivity contribution in [2.24, 2.45) is 0 Å². The molecule has 1 saturated carbocycles. The summed E-state index contributed by atoms with van der Waals surface area (Å²) in [7, 11) is 0. The highest BCUT2D eigenvalue weighted by molar-refractivity contribution is 7.10. The average molecular weight is 329 g/mol. The summed E-state index contributed by atoms with van der Waals surface area (Å²) in [4.78, 5) is 13.8. The minimum absolute atomic E-state index is 0.0447. The van der Waals surface area contributed by atoms with Crippen molar-refractivity contribution in [1.29, 1.82) is 0 Å². The van der Waals surface area contributed by atoms with Gasteiger partial charge < -0.3 is 10.1 Å². The van der Waals surface area contributed by atoms with Crippen LogP contribution in [0.2, 0.25) is 0 Å². The van der Waals surface area contributed by atoms with E-state index in [1.165, 1.54) is 17.7 Å². The molecule has 122 valence electrons. The number of carbonyl (C=O) groups is 1. The Kier molecular flexibility index (Phi) is 5.01. The molecule has 0 aliphatic heterocycles. The van der Waals surface area contributed by atoms with Crippen LogP contribution in [0.4, 0.5) is 0 Å². The summed E-state index contributed by atoms with van der Waals surface area (Å²) in [5, 5.41) is 5.24. The van der Waals surface area contributed by atoms with Crippen LogP contribution in [0.15, 0.2) is 47.8 Å². The first-order valence-electron chi connectivity index (χ1n) is 8.23. The van der Waals surface area contributed by atoms with Crippen LogP contribution in [-0.2, 0) is 10.2 Å². The maximum atomic E-state index is 12.4. The molecule has 1 atom stereocenters. The van der Waals surface area contributed by atoms with Crippen molar-refractivity contribution in [3.63, 3.8) is 0 Å². The van der Waals surface area contributed by atoms with Crippen LogP contribution in [0.5, 0.6) is 5.75 Å². The van der Waals surface area contributed by atoms with Crippen molar-refractivity contribution in [2.45, 2.75) is 44.1 Å². The van der Waals surface area contributed by atoms with E-state index in [2.05, 4.69) is 22.8 Å². The number of nitrogens with one attached hydrogen (secondary N) is 1. The largest absolute Gasteiger partial charge is 0.481 e. The zero-order chi connectivity index (χ0) is 16.1. The summed E-state index contributed by atoms with van der Waals surface area (Å²) in [6.45, 7) is 2.50. The average Bonchev–Trinajstić information content (AvgIpc) is 3.25. The van der Waals surface area contributed by atoms with E-state index < -0.39 is 6.10 Å². The third-order valence-electron chi connectivity index (χ3n) is 4.63. The van der Waals surface area contributed by atoms with Crippen LogP contribution in [0.25, 0.3) is 0 Å². The summed E-state index contributed by atoms with van der Waals surface area (Å²) in [5.41, 5.74) is 0.121. The Morgan fingerprint density at radius 1 is 1.22 bits per heavy atom. The first kappa shape index (κ1) is 16.1. The van der Waals surface area contributed by atoms with Gasteiger partial charge in [-0.05, 0) is 43.3 Å². The van der Waals surface area contributed by atoms with Gasteiger partial charge in [0.05, 0.1) is 0 Å². The molecule has 23 heavy (non-hydrogen) atoms. The molecule has 1 amide bonds. The quantitative estimate of drug-likeness (QED) is 0.865. The lowest BCUT2D eigenvalue weighted by atomic mass is 9.84. The molecule has 1 aromatic heterocycles. The second kappa shape index (κ2) is 7.18. The number of carbonyl (C=O) groups excluding carboxylic acids is 1. The summed E-state index contributed by atoms with van der Waals surface area (Å²) >= 11 is 1.80. The lowest BCUT2D eigenvalue weighted by molar-refractivity contribution is -0.127. The van der Waals surface area contributed by atoms with E-state index in [0.717, 1.165) is 18.6 Å². The number of thiophene rings is 1. The predicted molar refractivity (Wildman–Crippen MR) is 94.0 cm³/mol. The monoisotopic (exact) mass is 329 g/mol. The topological polar surface area (TPSA) is 38.3 Å². The van der Waals surface area contributed by atoms with Crippen LogP contribution in [-0.4, -0.2) is 18.6 Å². The summed E-state index contributed by atoms with van der Waals surface area (Å²) in [6.07, 6.45) is 4.30. The highest BCUT2D eigenvalue weighted by Gasteiger charge is 2.37. The van der Waals surface area contributed by atoms with Gasteiger partial charge in [0.2, 0.25) is 0 Å². The molecular formula is C19H23NO2S. The number of benzene rings is 1. The maximum absolute atomic E-state index is 12.4. The fourth-order valence-corrected chi connectivity index (χ4v) is 4.29. The zero-order valence-corrected chi connectivity index (χ0v) is 14.3. The number of ether oxygens (including phenoxy) is 1. The lowest BCUT2D eigenvalue weighted by Crippen LogP contribution is -2.43. The van der Waals surface area contributed by atoms with Gasteiger partial charge >= 0.3 is 0 Å². The van der Waals surface area contributed by atoms with Gasteiger partial charge in [0.25, 0.3) is 5.91 Å². The Bertz CT molecular complexity index is 618. The molecule has 1 aliphatic carbocycles. The predicted octanol–water partition coefficient (Wildman–Crippen LogP) is 4.14. The van der Waals surface area contributed by atoms with Crippen molar-refractivity contribution >= 4 is 17.2 Å². The van der Waals surface area contributed by atoms with Gasteiger partial charge in [-0.25, -0.2) is 0 Å². The molecule has 4 heteroatoms. The molecule has 0 spiro atoms. The molecule has 1 unspecified atom stereocenters. The molecule has 1 aromatic carbocycles. The minimum atomic E-state index is -0.487. The van der Waals surface area contributed by atoms with Crippen molar-refractivity contribution in [1.82, 2.24) is 5.32 Å². The van der Waals surface area contributed by atoms with Gasteiger partial charge in [-0.3, -0.25) is 4.79 Å². The lowest BCUT2D eigenvalue weighted by Gasteiger charge is -2.29. The third kappa shape index (κ3) is 3.75. The van der Waals surface area contributed by atoms with Crippen LogP contribution in [0.1, 0.15) is 37.5 Å². The smallest absolute Gasteiger partial charge is 0.260 e. The van der Waals surface area contributed by atoms with Gasteiger partial charge in [0.15, 0.2) is 6.10 Å². The fourth-order valence-electron chi connectivity index (χ4n) is 3.30. The van der Waals surface area contributed by atoms with E-state index >= 15 is 0 Å². The number of hydrogen-bond donors (Lipinski definition) is 1. The summed E-state index contributed by atoms with van der Waals surface area (Å²) in [5.74, 6) is 0.681. The molecule has 0 bridgehead atoms. The molecule has 1 aliphatic rings. The molecule has 1 fully saturated rings. The molecule has 2 aromatic rings. The second-order valence-electron chi connectivity index (χ2n) is 6.26. The van der Waals surface area contributed by atoms with Gasteiger partial charge in [-0.1, -0.05) is 37.1 Å². The standard InChI is InChI=1S/C19H23NO2S/c1-15(22-16-8-3-2-4-9-16)18(21)20-14-19(11-5-6-12-19)17-10-7-13-23-17/h2-4,7-10,13,15H,5-6,11-12,14H2,1H3,(H,20,21). The summed E-state index contributed by atoms with van der Waals surface area (Å²) in [6, 6.07) is 13.8. The van der Waals surface area contributed by atoms with Crippen molar-refractivity contribution in [3.05, 3.63) is 52.7 Å². The fraction of sp³-hybridized carbons (Fsp3) is 0.421. The summed E-state index contributed by atoms with van der Waals surface area (Å²) < 4.78 is 5.71. The van der Waals surface area contributed by atoms with Crippen LogP contribution in [0.3, 0.4) is 0 Å². The number of hydrogen-bond acceptors (Lipinski definition) is 3. The Balaban J connectivity index is 1.59. The number of amides is 1. The first-order valence-corrected chi connectivity index (χ1v) is 9.11. The molecule has 3 nitrogen and oxygen atoms in total.